The molecule has 0 saturated carbocycles. The molecule has 0 radical (unpaired) electrons. The molecule has 0 bridgehead atoms. The van der Waals surface area contributed by atoms with Crippen molar-refractivity contribution < 1.29 is 14.2 Å². The summed E-state index contributed by atoms with van der Waals surface area (Å²) in [7, 11) is 1.59. The molecule has 1 aromatic heterocycles. The first-order valence-electron chi connectivity index (χ1n) is 6.77. The fourth-order valence-corrected chi connectivity index (χ4v) is 2.10. The van der Waals surface area contributed by atoms with Crippen molar-refractivity contribution in [3.63, 3.8) is 0 Å². The summed E-state index contributed by atoms with van der Waals surface area (Å²) in [5.41, 5.74) is 6.58. The third-order valence-corrected chi connectivity index (χ3v) is 3.07. The lowest BCUT2D eigenvalue weighted by atomic mass is 10.1. The number of hydrogen-bond acceptors (Lipinski definition) is 6. The Morgan fingerprint density at radius 2 is 2.00 bits per heavy atom. The smallest absolute Gasteiger partial charge is 0.224 e. The predicted molar refractivity (Wildman–Crippen MR) is 83.7 cm³/mol. The zero-order chi connectivity index (χ0) is 15.8. The van der Waals surface area contributed by atoms with E-state index in [4.69, 9.17) is 31.5 Å². The van der Waals surface area contributed by atoms with Crippen LogP contribution in [0.1, 0.15) is 18.1 Å². The van der Waals surface area contributed by atoms with Gasteiger partial charge in [-0.15, -0.1) is 0 Å². The Kier molecular flexibility index (Phi) is 6.39. The molecule has 0 aliphatic rings. The van der Waals surface area contributed by atoms with Crippen LogP contribution in [0.25, 0.3) is 0 Å². The number of nitrogens with zero attached hydrogens (tertiary/aromatic N) is 2. The molecule has 0 aliphatic carbocycles. The molecule has 7 heteroatoms. The molecule has 1 aromatic carbocycles. The lowest BCUT2D eigenvalue weighted by Crippen LogP contribution is -2.12. The first kappa shape index (κ1) is 16.5. The Bertz CT molecular complexity index is 563. The van der Waals surface area contributed by atoms with Crippen LogP contribution in [0.2, 0.25) is 5.15 Å². The summed E-state index contributed by atoms with van der Waals surface area (Å²) in [6, 6.07) is 11.4. The zero-order valence-corrected chi connectivity index (χ0v) is 13.0. The van der Waals surface area contributed by atoms with Crippen molar-refractivity contribution in [1.82, 2.24) is 9.97 Å². The van der Waals surface area contributed by atoms with E-state index in [0.717, 1.165) is 5.56 Å². The average Bonchev–Trinajstić information content (AvgIpc) is 2.50. The first-order chi connectivity index (χ1) is 10.7. The van der Waals surface area contributed by atoms with E-state index in [0.29, 0.717) is 18.9 Å². The van der Waals surface area contributed by atoms with Gasteiger partial charge in [0, 0.05) is 19.6 Å². The quantitative estimate of drug-likeness (QED) is 0.594. The average molecular weight is 324 g/mol. The zero-order valence-electron chi connectivity index (χ0n) is 12.2. The van der Waals surface area contributed by atoms with Crippen LogP contribution >= 0.6 is 11.6 Å². The van der Waals surface area contributed by atoms with Crippen molar-refractivity contribution in [2.24, 2.45) is 0 Å². The number of hydrogen-bond donors (Lipinski definition) is 1. The minimum Gasteiger partial charge on any atom is -0.477 e. The van der Waals surface area contributed by atoms with Crippen LogP contribution in [0.4, 0.5) is 5.95 Å². The van der Waals surface area contributed by atoms with E-state index in [-0.39, 0.29) is 24.0 Å². The van der Waals surface area contributed by atoms with E-state index in [1.807, 2.05) is 30.3 Å². The largest absolute Gasteiger partial charge is 0.477 e. The minimum atomic E-state index is -0.129. The van der Waals surface area contributed by atoms with Gasteiger partial charge in [-0.1, -0.05) is 41.9 Å². The Morgan fingerprint density at radius 3 is 2.68 bits per heavy atom. The van der Waals surface area contributed by atoms with Crippen molar-refractivity contribution in [3.8, 4) is 5.88 Å². The van der Waals surface area contributed by atoms with E-state index in [9.17, 15) is 0 Å². The van der Waals surface area contributed by atoms with Crippen LogP contribution in [-0.2, 0) is 9.47 Å². The molecule has 0 saturated heterocycles. The van der Waals surface area contributed by atoms with E-state index in [1.54, 1.807) is 7.11 Å². The Labute approximate surface area is 134 Å². The predicted octanol–water partition coefficient (Wildman–Crippen LogP) is 2.84. The van der Waals surface area contributed by atoms with Gasteiger partial charge in [-0.2, -0.15) is 4.98 Å². The van der Waals surface area contributed by atoms with Crippen molar-refractivity contribution in [3.05, 3.63) is 47.1 Å². The first-order valence-corrected chi connectivity index (χ1v) is 7.15. The second-order valence-corrected chi connectivity index (χ2v) is 4.88. The van der Waals surface area contributed by atoms with Crippen LogP contribution < -0.4 is 10.5 Å². The maximum absolute atomic E-state index is 5.80. The Balaban J connectivity index is 1.93. The summed E-state index contributed by atoms with van der Waals surface area (Å²) < 4.78 is 16.2. The lowest BCUT2D eigenvalue weighted by molar-refractivity contribution is -0.0786. The number of aromatic nitrogens is 2. The highest BCUT2D eigenvalue weighted by molar-refractivity contribution is 6.29. The molecule has 0 amide bonds. The molecule has 1 atom stereocenters. The molecule has 1 unspecified atom stereocenters. The number of ether oxygens (including phenoxy) is 3. The van der Waals surface area contributed by atoms with Crippen molar-refractivity contribution in [2.75, 3.05) is 26.2 Å². The van der Waals surface area contributed by atoms with Gasteiger partial charge in [-0.05, 0) is 5.56 Å². The van der Waals surface area contributed by atoms with Gasteiger partial charge in [0.1, 0.15) is 11.9 Å². The van der Waals surface area contributed by atoms with Gasteiger partial charge < -0.3 is 19.9 Å². The van der Waals surface area contributed by atoms with Gasteiger partial charge in [0.05, 0.1) is 12.7 Å². The van der Waals surface area contributed by atoms with Crippen LogP contribution in [0.15, 0.2) is 36.4 Å². The van der Waals surface area contributed by atoms with E-state index in [1.165, 1.54) is 6.07 Å². The lowest BCUT2D eigenvalue weighted by Gasteiger charge is -2.18. The summed E-state index contributed by atoms with van der Waals surface area (Å²) >= 11 is 5.80. The van der Waals surface area contributed by atoms with Gasteiger partial charge in [0.25, 0.3) is 0 Å². The Hall–Kier alpha value is -1.89. The van der Waals surface area contributed by atoms with Gasteiger partial charge in [0.2, 0.25) is 11.8 Å². The fraction of sp³-hybridized carbons (Fsp3) is 0.333. The highest BCUT2D eigenvalue weighted by atomic mass is 35.5. The van der Waals surface area contributed by atoms with Crippen LogP contribution in [0.5, 0.6) is 5.88 Å². The topological polar surface area (TPSA) is 79.5 Å². The van der Waals surface area contributed by atoms with Crippen LogP contribution in [0, 0.1) is 0 Å². The summed E-state index contributed by atoms with van der Waals surface area (Å²) in [6.07, 6.45) is 0.505. The van der Waals surface area contributed by atoms with Crippen molar-refractivity contribution in [1.29, 1.82) is 0 Å². The third-order valence-electron chi connectivity index (χ3n) is 2.88. The minimum absolute atomic E-state index is 0.0812. The molecule has 2 aromatic rings. The Morgan fingerprint density at radius 1 is 1.23 bits per heavy atom. The maximum atomic E-state index is 5.80. The molecule has 6 nitrogen and oxygen atoms in total. The summed E-state index contributed by atoms with van der Waals surface area (Å²) in [4.78, 5) is 7.74. The summed E-state index contributed by atoms with van der Waals surface area (Å²) in [6.45, 7) is 0.613. The number of halogens is 1. The molecular formula is C15H18ClN3O3. The molecule has 0 aliphatic heterocycles. The van der Waals surface area contributed by atoms with Gasteiger partial charge >= 0.3 is 0 Å². The molecule has 22 heavy (non-hydrogen) atoms. The van der Waals surface area contributed by atoms with Gasteiger partial charge in [-0.3, -0.25) is 0 Å². The highest BCUT2D eigenvalue weighted by Gasteiger charge is 2.12. The van der Waals surface area contributed by atoms with E-state index < -0.39 is 0 Å². The maximum Gasteiger partial charge on any atom is 0.224 e. The van der Waals surface area contributed by atoms with Crippen LogP contribution in [-0.4, -0.2) is 30.5 Å². The molecule has 118 valence electrons. The molecular weight excluding hydrogens is 306 g/mol. The van der Waals surface area contributed by atoms with Crippen LogP contribution in [0.3, 0.4) is 0 Å². The molecule has 1 heterocycles. The molecule has 0 spiro atoms. The van der Waals surface area contributed by atoms with E-state index >= 15 is 0 Å². The van der Waals surface area contributed by atoms with Crippen molar-refractivity contribution in [2.45, 2.75) is 12.5 Å². The standard InChI is InChI=1S/C15H18ClN3O3/c1-20-10-22-12(11-5-3-2-4-6-11)7-8-21-14-9-13(16)18-15(17)19-14/h2-6,9,12H,7-8,10H2,1H3,(H2,17,18,19). The number of methoxy groups -OCH3 is 1. The molecule has 0 fully saturated rings. The molecule has 2 N–H and O–H groups in total. The van der Waals surface area contributed by atoms with Crippen molar-refractivity contribution >= 4 is 17.5 Å². The third kappa shape index (κ3) is 5.14. The fourth-order valence-electron chi connectivity index (χ4n) is 1.92. The number of nitrogens with two attached hydrogens (primary N) is 1. The summed E-state index contributed by atoms with van der Waals surface area (Å²) in [5, 5.41) is 0.248. The number of anilines is 1. The second kappa shape index (κ2) is 8.53. The second-order valence-electron chi connectivity index (χ2n) is 4.50. The SMILES string of the molecule is COCOC(CCOc1cc(Cl)nc(N)n1)c1ccccc1. The monoisotopic (exact) mass is 323 g/mol. The number of benzene rings is 1. The number of nitrogen functional groups attached to an aromatic ring is 1. The normalized spacial score (nSPS) is 12.1. The number of rotatable bonds is 8. The van der Waals surface area contributed by atoms with E-state index in [2.05, 4.69) is 9.97 Å². The summed E-state index contributed by atoms with van der Waals surface area (Å²) in [5.74, 6) is 0.425. The van der Waals surface area contributed by atoms with Gasteiger partial charge in [-0.25, -0.2) is 4.98 Å². The van der Waals surface area contributed by atoms with Gasteiger partial charge in [0.15, 0.2) is 0 Å². The molecule has 2 rings (SSSR count). The highest BCUT2D eigenvalue weighted by Crippen LogP contribution is 2.22.